The van der Waals surface area contributed by atoms with Crippen LogP contribution in [0.25, 0.3) is 0 Å². The van der Waals surface area contributed by atoms with Gasteiger partial charge in [-0.1, -0.05) is 0 Å². The molecular weight excluding hydrogens is 157 g/mol. The molecule has 1 nitrogen and oxygen atoms in total. The summed E-state index contributed by atoms with van der Waals surface area (Å²) >= 11 is 5.55. The molecule has 1 atom stereocenters. The number of hydrogen-bond donors (Lipinski definition) is 1. The summed E-state index contributed by atoms with van der Waals surface area (Å²) in [6.07, 6.45) is 2.52. The molecule has 0 aliphatic carbocycles. The summed E-state index contributed by atoms with van der Waals surface area (Å²) in [5.41, 5.74) is 0. The third-order valence-corrected chi connectivity index (χ3v) is 1.90. The van der Waals surface area contributed by atoms with Crippen LogP contribution in [-0.4, -0.2) is 19.0 Å². The fourth-order valence-electron chi connectivity index (χ4n) is 1.12. The molecule has 0 saturated carbocycles. The summed E-state index contributed by atoms with van der Waals surface area (Å²) in [6.45, 7) is 2.38. The Hall–Kier alpha value is 0.540. The first-order valence-electron chi connectivity index (χ1n) is 3.20. The predicted octanol–water partition coefficient (Wildman–Crippen LogP) is 1.65. The van der Waals surface area contributed by atoms with Crippen molar-refractivity contribution >= 4 is 24.0 Å². The third kappa shape index (κ3) is 3.29. The molecule has 1 aliphatic rings. The second kappa shape index (κ2) is 5.33. The monoisotopic (exact) mass is 169 g/mol. The summed E-state index contributed by atoms with van der Waals surface area (Å²) in [5.74, 6) is 1.69. The second-order valence-electron chi connectivity index (χ2n) is 2.34. The Balaban J connectivity index is 0.000000640. The van der Waals surface area contributed by atoms with E-state index in [1.165, 1.54) is 25.9 Å². The summed E-state index contributed by atoms with van der Waals surface area (Å²) in [4.78, 5) is 0. The Bertz CT molecular complexity index is 62.1. The van der Waals surface area contributed by atoms with E-state index >= 15 is 0 Å². The van der Waals surface area contributed by atoms with E-state index in [1.807, 2.05) is 0 Å². The van der Waals surface area contributed by atoms with Gasteiger partial charge >= 0.3 is 0 Å². The number of rotatable bonds is 2. The highest BCUT2D eigenvalue weighted by molar-refractivity contribution is 6.17. The average Bonchev–Trinajstić information content (AvgIpc) is 2.19. The van der Waals surface area contributed by atoms with Crippen molar-refractivity contribution < 1.29 is 0 Å². The maximum Gasteiger partial charge on any atom is 0.0226 e. The molecule has 0 aromatic rings. The molecule has 0 unspecified atom stereocenters. The van der Waals surface area contributed by atoms with Gasteiger partial charge in [-0.15, -0.1) is 24.0 Å². The van der Waals surface area contributed by atoms with Crippen molar-refractivity contribution in [2.24, 2.45) is 5.92 Å². The molecule has 0 aromatic carbocycles. The first kappa shape index (κ1) is 9.54. The summed E-state index contributed by atoms with van der Waals surface area (Å²) < 4.78 is 0. The molecule has 0 aromatic heterocycles. The van der Waals surface area contributed by atoms with Crippen molar-refractivity contribution in [2.45, 2.75) is 12.8 Å². The number of hydrogen-bond acceptors (Lipinski definition) is 1. The van der Waals surface area contributed by atoms with E-state index in [9.17, 15) is 0 Å². The van der Waals surface area contributed by atoms with Gasteiger partial charge in [-0.3, -0.25) is 0 Å². The summed E-state index contributed by atoms with van der Waals surface area (Å²) in [6, 6.07) is 0. The van der Waals surface area contributed by atoms with Crippen molar-refractivity contribution in [2.75, 3.05) is 19.0 Å². The van der Waals surface area contributed by atoms with E-state index in [0.29, 0.717) is 0 Å². The van der Waals surface area contributed by atoms with Gasteiger partial charge in [0.25, 0.3) is 0 Å². The van der Waals surface area contributed by atoms with Crippen LogP contribution in [0.4, 0.5) is 0 Å². The van der Waals surface area contributed by atoms with Crippen LogP contribution in [0.3, 0.4) is 0 Å². The zero-order valence-electron chi connectivity index (χ0n) is 5.40. The van der Waals surface area contributed by atoms with Crippen LogP contribution < -0.4 is 5.32 Å². The Labute approximate surface area is 67.6 Å². The van der Waals surface area contributed by atoms with E-state index < -0.39 is 0 Å². The Morgan fingerprint density at radius 3 is 2.78 bits per heavy atom. The first-order valence-corrected chi connectivity index (χ1v) is 3.73. The number of halogens is 2. The molecule has 1 aliphatic heterocycles. The largest absolute Gasteiger partial charge is 0.316 e. The molecule has 0 amide bonds. The SMILES string of the molecule is Cl.ClCC[C@@H]1CCNC1. The molecule has 1 fully saturated rings. The highest BCUT2D eigenvalue weighted by Gasteiger charge is 2.12. The van der Waals surface area contributed by atoms with Crippen LogP contribution in [0.1, 0.15) is 12.8 Å². The highest BCUT2D eigenvalue weighted by Crippen LogP contribution is 2.11. The number of alkyl halides is 1. The molecule has 3 heteroatoms. The van der Waals surface area contributed by atoms with Crippen molar-refractivity contribution in [3.63, 3.8) is 0 Å². The van der Waals surface area contributed by atoms with Crippen molar-refractivity contribution in [3.8, 4) is 0 Å². The molecule has 1 saturated heterocycles. The molecule has 0 spiro atoms. The Morgan fingerprint density at radius 1 is 1.56 bits per heavy atom. The van der Waals surface area contributed by atoms with Crippen LogP contribution in [-0.2, 0) is 0 Å². The van der Waals surface area contributed by atoms with Crippen molar-refractivity contribution in [1.29, 1.82) is 0 Å². The Kier molecular flexibility index (Phi) is 5.65. The van der Waals surface area contributed by atoms with Gasteiger partial charge in [0.2, 0.25) is 0 Å². The molecule has 0 radical (unpaired) electrons. The average molecular weight is 170 g/mol. The minimum absolute atomic E-state index is 0. The van der Waals surface area contributed by atoms with Gasteiger partial charge in [0.1, 0.15) is 0 Å². The van der Waals surface area contributed by atoms with E-state index in [4.69, 9.17) is 11.6 Å². The van der Waals surface area contributed by atoms with Gasteiger partial charge in [-0.05, 0) is 31.8 Å². The van der Waals surface area contributed by atoms with Gasteiger partial charge in [0.05, 0.1) is 0 Å². The third-order valence-electron chi connectivity index (χ3n) is 1.68. The molecule has 1 heterocycles. The van der Waals surface area contributed by atoms with Gasteiger partial charge in [-0.2, -0.15) is 0 Å². The standard InChI is InChI=1S/C6H12ClN.ClH/c7-3-1-6-2-4-8-5-6;/h6,8H,1-5H2;1H/t6-;/m1./s1. The van der Waals surface area contributed by atoms with E-state index in [-0.39, 0.29) is 12.4 Å². The predicted molar refractivity (Wildman–Crippen MR) is 43.6 cm³/mol. The lowest BCUT2D eigenvalue weighted by Crippen LogP contribution is -2.08. The maximum atomic E-state index is 5.55. The van der Waals surface area contributed by atoms with Gasteiger partial charge < -0.3 is 5.32 Å². The quantitative estimate of drug-likeness (QED) is 0.621. The van der Waals surface area contributed by atoms with Gasteiger partial charge in [-0.25, -0.2) is 0 Å². The van der Waals surface area contributed by atoms with Crippen LogP contribution in [0, 0.1) is 5.92 Å². The lowest BCUT2D eigenvalue weighted by atomic mass is 10.1. The molecule has 1 rings (SSSR count). The van der Waals surface area contributed by atoms with Crippen LogP contribution in [0.2, 0.25) is 0 Å². The summed E-state index contributed by atoms with van der Waals surface area (Å²) in [5, 5.41) is 3.30. The highest BCUT2D eigenvalue weighted by atomic mass is 35.5. The summed E-state index contributed by atoms with van der Waals surface area (Å²) in [7, 11) is 0. The molecule has 1 N–H and O–H groups in total. The zero-order chi connectivity index (χ0) is 5.82. The normalized spacial score (nSPS) is 25.7. The van der Waals surface area contributed by atoms with E-state index in [1.54, 1.807) is 0 Å². The lowest BCUT2D eigenvalue weighted by Gasteiger charge is -2.01. The first-order chi connectivity index (χ1) is 3.93. The van der Waals surface area contributed by atoms with Crippen LogP contribution >= 0.6 is 24.0 Å². The smallest absolute Gasteiger partial charge is 0.0226 e. The van der Waals surface area contributed by atoms with E-state index in [2.05, 4.69) is 5.32 Å². The molecule has 56 valence electrons. The van der Waals surface area contributed by atoms with E-state index in [0.717, 1.165) is 11.8 Å². The lowest BCUT2D eigenvalue weighted by molar-refractivity contribution is 0.566. The molecule has 9 heavy (non-hydrogen) atoms. The topological polar surface area (TPSA) is 12.0 Å². The Morgan fingerprint density at radius 2 is 2.33 bits per heavy atom. The fourth-order valence-corrected chi connectivity index (χ4v) is 1.42. The maximum absolute atomic E-state index is 5.55. The minimum atomic E-state index is 0. The van der Waals surface area contributed by atoms with Crippen molar-refractivity contribution in [3.05, 3.63) is 0 Å². The second-order valence-corrected chi connectivity index (χ2v) is 2.71. The van der Waals surface area contributed by atoms with Crippen molar-refractivity contribution in [1.82, 2.24) is 5.32 Å². The molecular formula is C6H13Cl2N. The fraction of sp³-hybridized carbons (Fsp3) is 1.00. The number of nitrogens with one attached hydrogen (secondary N) is 1. The van der Waals surface area contributed by atoms with Crippen LogP contribution in [0.5, 0.6) is 0 Å². The van der Waals surface area contributed by atoms with Gasteiger partial charge in [0, 0.05) is 5.88 Å². The van der Waals surface area contributed by atoms with Gasteiger partial charge in [0.15, 0.2) is 0 Å². The minimum Gasteiger partial charge on any atom is -0.316 e. The molecule has 0 bridgehead atoms. The zero-order valence-corrected chi connectivity index (χ0v) is 6.97. The van der Waals surface area contributed by atoms with Crippen LogP contribution in [0.15, 0.2) is 0 Å².